The number of aliphatic hydroxyl groups excluding tert-OH is 8. The Hall–Kier alpha value is -7.55. The predicted octanol–water partition coefficient (Wildman–Crippen LogP) is -0.927. The van der Waals surface area contributed by atoms with Gasteiger partial charge in [-0.15, -0.1) is 0 Å². The molecule has 3 saturated heterocycles. The molecule has 7 amide bonds. The molecule has 3 fully saturated rings. The number of hydrogen-bond acceptors (Lipinski definition) is 17. The summed E-state index contributed by atoms with van der Waals surface area (Å²) in [5, 5.41) is 111. The molecule has 3 heterocycles. The van der Waals surface area contributed by atoms with Gasteiger partial charge in [-0.2, -0.15) is 0 Å². The molecule has 14 N–H and O–H groups in total. The van der Waals surface area contributed by atoms with Gasteiger partial charge in [-0.1, -0.05) is 87.4 Å². The van der Waals surface area contributed by atoms with Crippen LogP contribution in [0.15, 0.2) is 97.1 Å². The van der Waals surface area contributed by atoms with Crippen molar-refractivity contribution >= 4 is 41.4 Å². The number of carbonyl (C=O) groups excluding carboxylic acids is 7. The summed E-state index contributed by atoms with van der Waals surface area (Å²) in [7, 11) is 0. The number of nitrogens with one attached hydrogen (secondary N) is 5. The van der Waals surface area contributed by atoms with Crippen molar-refractivity contribution in [3.63, 3.8) is 0 Å². The molecular formula is C58H73N7O17. The van der Waals surface area contributed by atoms with Crippen LogP contribution in [0.5, 0.6) is 11.5 Å². The van der Waals surface area contributed by atoms with E-state index < -0.39 is 152 Å². The average Bonchev–Trinajstić information content (AvgIpc) is 4.06. The summed E-state index contributed by atoms with van der Waals surface area (Å²) in [6.45, 7) is 5.47. The molecule has 0 bridgehead atoms. The van der Waals surface area contributed by atoms with Crippen molar-refractivity contribution in [2.45, 2.75) is 145 Å². The van der Waals surface area contributed by atoms with Gasteiger partial charge >= 0.3 is 0 Å². The molecule has 0 unspecified atom stereocenters. The number of aromatic hydroxyl groups is 1. The lowest BCUT2D eigenvalue weighted by Crippen LogP contribution is -2.64. The van der Waals surface area contributed by atoms with Crippen LogP contribution in [0.3, 0.4) is 0 Å². The second-order valence-electron chi connectivity index (χ2n) is 21.3. The second-order valence-corrected chi connectivity index (χ2v) is 21.3. The SMILES string of the molecule is CCCCCOc1ccc(-c2ccc(-c3ccc(C(=O)N[C@@H]4C[C@@H](O)[C@@H](O)NC(=O)[C@@H]5[C@@H](O)[C@@H](C)CN5C(=O)[C@H]([C@H](C)O)NC(=O)[C@H]([C@H](O)[C@@H](O)c5ccc(O)cc5)NC(=O)[C@@H]5C[C@@H](O)CN5C(=O)[C@H]([C@H](C)O)NC4=O)cc3)cc2)cc1. The van der Waals surface area contributed by atoms with Crippen LogP contribution in [0.25, 0.3) is 22.3 Å². The first-order valence-electron chi connectivity index (χ1n) is 27.3. The van der Waals surface area contributed by atoms with E-state index in [1.54, 1.807) is 12.1 Å². The number of amides is 7. The molecule has 0 spiro atoms. The van der Waals surface area contributed by atoms with Crippen molar-refractivity contribution in [1.82, 2.24) is 36.4 Å². The fraction of sp³-hybridized carbons (Fsp3) is 0.466. The fourth-order valence-corrected chi connectivity index (χ4v) is 10.2. The Morgan fingerprint density at radius 3 is 1.72 bits per heavy atom. The van der Waals surface area contributed by atoms with Gasteiger partial charge in [0.2, 0.25) is 35.4 Å². The summed E-state index contributed by atoms with van der Waals surface area (Å²) in [5.74, 6) is -8.67. The van der Waals surface area contributed by atoms with E-state index in [1.165, 1.54) is 31.2 Å². The van der Waals surface area contributed by atoms with Gasteiger partial charge in [0.15, 0.2) is 6.23 Å². The van der Waals surface area contributed by atoms with Gasteiger partial charge in [0.1, 0.15) is 66.1 Å². The molecule has 3 aliphatic heterocycles. The molecule has 3 aliphatic rings. The number of benzene rings is 4. The lowest BCUT2D eigenvalue weighted by molar-refractivity contribution is -0.148. The molecule has 4 aromatic carbocycles. The summed E-state index contributed by atoms with van der Waals surface area (Å²) >= 11 is 0. The highest BCUT2D eigenvalue weighted by molar-refractivity contribution is 6.00. The Morgan fingerprint density at radius 1 is 0.634 bits per heavy atom. The number of carbonyl (C=O) groups is 7. The molecule has 0 aromatic heterocycles. The van der Waals surface area contributed by atoms with E-state index in [0.717, 1.165) is 77.5 Å². The zero-order valence-corrected chi connectivity index (χ0v) is 45.7. The third-order valence-electron chi connectivity index (χ3n) is 15.0. The number of rotatable bonds is 14. The first-order chi connectivity index (χ1) is 39.0. The van der Waals surface area contributed by atoms with E-state index in [0.29, 0.717) is 12.2 Å². The molecular weight excluding hydrogens is 1070 g/mol. The third kappa shape index (κ3) is 14.7. The maximum absolute atomic E-state index is 14.5. The Labute approximate surface area is 473 Å². The second kappa shape index (κ2) is 27.5. The summed E-state index contributed by atoms with van der Waals surface area (Å²) in [5.41, 5.74) is 3.37. The number of nitrogens with zero attached hydrogens (tertiary/aromatic N) is 2. The van der Waals surface area contributed by atoms with Crippen LogP contribution in [-0.4, -0.2) is 196 Å². The van der Waals surface area contributed by atoms with Crippen molar-refractivity contribution in [2.24, 2.45) is 5.92 Å². The molecule has 24 nitrogen and oxygen atoms in total. The number of hydrogen-bond donors (Lipinski definition) is 14. The number of fused-ring (bicyclic) bond motifs is 2. The molecule has 4 aromatic rings. The van der Waals surface area contributed by atoms with Crippen LogP contribution in [0, 0.1) is 5.92 Å². The molecule has 15 atom stereocenters. The number of unbranched alkanes of at least 4 members (excludes halogenated alkanes) is 2. The molecule has 0 radical (unpaired) electrons. The summed E-state index contributed by atoms with van der Waals surface area (Å²) in [4.78, 5) is 102. The van der Waals surface area contributed by atoms with E-state index in [1.807, 2.05) is 48.5 Å². The van der Waals surface area contributed by atoms with Crippen LogP contribution < -0.4 is 31.3 Å². The third-order valence-corrected chi connectivity index (χ3v) is 15.0. The Morgan fingerprint density at radius 2 is 1.16 bits per heavy atom. The van der Waals surface area contributed by atoms with E-state index in [2.05, 4.69) is 33.5 Å². The number of phenolic OH excluding ortho intramolecular Hbond substituents is 1. The van der Waals surface area contributed by atoms with Crippen LogP contribution in [0.2, 0.25) is 0 Å². The van der Waals surface area contributed by atoms with Gasteiger partial charge in [-0.3, -0.25) is 33.6 Å². The Bertz CT molecular complexity index is 2880. The lowest BCUT2D eigenvalue weighted by Gasteiger charge is -2.34. The molecule has 7 rings (SSSR count). The smallest absolute Gasteiger partial charge is 0.251 e. The zero-order chi connectivity index (χ0) is 59.7. The molecule has 0 aliphatic carbocycles. The molecule has 82 heavy (non-hydrogen) atoms. The van der Waals surface area contributed by atoms with Gasteiger partial charge in [-0.05, 0) is 84.5 Å². The minimum absolute atomic E-state index is 0.00973. The molecule has 442 valence electrons. The average molecular weight is 1140 g/mol. The minimum atomic E-state index is -2.29. The maximum atomic E-state index is 14.5. The van der Waals surface area contributed by atoms with Gasteiger partial charge in [-0.25, -0.2) is 0 Å². The van der Waals surface area contributed by atoms with Crippen LogP contribution in [0.1, 0.15) is 81.8 Å². The van der Waals surface area contributed by atoms with E-state index in [4.69, 9.17) is 4.74 Å². The Kier molecular flexibility index (Phi) is 20.8. The van der Waals surface area contributed by atoms with Crippen molar-refractivity contribution in [1.29, 1.82) is 0 Å². The first-order valence-corrected chi connectivity index (χ1v) is 27.3. The van der Waals surface area contributed by atoms with Crippen LogP contribution in [-0.2, 0) is 28.8 Å². The van der Waals surface area contributed by atoms with Crippen molar-refractivity contribution < 1.29 is 84.3 Å². The van der Waals surface area contributed by atoms with E-state index in [-0.39, 0.29) is 23.4 Å². The number of aliphatic hydroxyl groups is 8. The van der Waals surface area contributed by atoms with Gasteiger partial charge in [0, 0.05) is 37.4 Å². The highest BCUT2D eigenvalue weighted by Crippen LogP contribution is 2.30. The topological polar surface area (TPSA) is 377 Å². The quantitative estimate of drug-likeness (QED) is 0.0679. The lowest BCUT2D eigenvalue weighted by atomic mass is 9.96. The van der Waals surface area contributed by atoms with E-state index in [9.17, 15) is 79.5 Å². The highest BCUT2D eigenvalue weighted by Gasteiger charge is 2.50. The summed E-state index contributed by atoms with van der Waals surface area (Å²) < 4.78 is 5.84. The van der Waals surface area contributed by atoms with Crippen molar-refractivity contribution in [2.75, 3.05) is 19.7 Å². The number of ether oxygens (including phenoxy) is 1. The highest BCUT2D eigenvalue weighted by atomic mass is 16.5. The fourth-order valence-electron chi connectivity index (χ4n) is 10.2. The van der Waals surface area contributed by atoms with Crippen LogP contribution >= 0.6 is 0 Å². The maximum Gasteiger partial charge on any atom is 0.251 e. The first kappa shape index (κ1) is 62.1. The normalized spacial score (nSPS) is 27.5. The summed E-state index contributed by atoms with van der Waals surface area (Å²) in [6.07, 6.45) is -13.6. The van der Waals surface area contributed by atoms with Gasteiger partial charge < -0.3 is 87.1 Å². The zero-order valence-electron chi connectivity index (χ0n) is 45.7. The minimum Gasteiger partial charge on any atom is -0.508 e. The summed E-state index contributed by atoms with van der Waals surface area (Å²) in [6, 6.07) is 14.7. The molecule has 0 saturated carbocycles. The van der Waals surface area contributed by atoms with Crippen molar-refractivity contribution in [3.05, 3.63) is 108 Å². The number of phenols is 1. The monoisotopic (exact) mass is 1140 g/mol. The standard InChI is InChI=1S/C58H73N7O17/c1-5-6-7-24-82-40-22-18-35(19-23-40)33-10-8-32(9-11-33)34-12-14-37(15-13-34)51(74)59-41-26-43(70)54(77)63-56(79)47-48(71)29(2)27-65(47)58(81)45(31(4)67)61-55(78)46(50(73)49(72)36-16-20-38(68)21-17-36)62-53(76)42-25-39(69)28-64(42)57(80)44(30(3)66)60-52(41)75/h8-23,29-31,39,41-50,54,66-73,77H,5-7,24-28H2,1-4H3,(H,59,74)(H,60,75)(H,61,78)(H,62,76)(H,63,79)/t29-,30-,31-,39+,41+,42-,43+,44-,45-,46-,47-,48-,49-,50-,54+/m0/s1. The predicted molar refractivity (Wildman–Crippen MR) is 293 cm³/mol. The van der Waals surface area contributed by atoms with Crippen molar-refractivity contribution in [3.8, 4) is 33.8 Å². The van der Waals surface area contributed by atoms with Crippen LogP contribution in [0.4, 0.5) is 0 Å². The Balaban J connectivity index is 1.18. The molecule has 24 heteroatoms. The van der Waals surface area contributed by atoms with Gasteiger partial charge in [0.05, 0.1) is 31.0 Å². The van der Waals surface area contributed by atoms with E-state index >= 15 is 0 Å². The van der Waals surface area contributed by atoms with Gasteiger partial charge in [0.25, 0.3) is 5.91 Å². The largest absolute Gasteiger partial charge is 0.508 e.